The van der Waals surface area contributed by atoms with E-state index in [1.54, 1.807) is 31.1 Å². The SMILES string of the molecule is C=C.C=Cc1ccoc1/C=C\C.c1cc2cc(P(c3ccc4occc4c3)c3ccc4occc4c3)ccc2o1. The van der Waals surface area contributed by atoms with Crippen LogP contribution in [0.3, 0.4) is 0 Å². The standard InChI is InChI=1S/C24H15O3P.C9H10O.C2H4/c1-4-22-16(7-10-25-22)13-19(1)28(20-2-5-23-17(14-20)8-11-26-23)21-3-6-24-18(15-21)9-12-27-24;1-3-5-9-8(4-2)6-7-10-9;1-2/h1-15H;3-7H,2H2,1H3;1-2H2/b;5-3-;. The van der Waals surface area contributed by atoms with Gasteiger partial charge >= 0.3 is 0 Å². The zero-order valence-electron chi connectivity index (χ0n) is 22.2. The fourth-order valence-corrected chi connectivity index (χ4v) is 6.88. The summed E-state index contributed by atoms with van der Waals surface area (Å²) >= 11 is 0. The number of fused-ring (bicyclic) bond motifs is 3. The third kappa shape index (κ3) is 5.49. The maximum Gasteiger partial charge on any atom is 0.133 e. The summed E-state index contributed by atoms with van der Waals surface area (Å²) in [6.07, 6.45) is 12.5. The molecule has 7 rings (SSSR count). The highest BCUT2D eigenvalue weighted by Crippen LogP contribution is 2.36. The second-order valence-corrected chi connectivity index (χ2v) is 10.9. The molecule has 0 aliphatic carbocycles. The molecule has 198 valence electrons. The van der Waals surface area contributed by atoms with Gasteiger partial charge in [-0.3, -0.25) is 0 Å². The number of rotatable bonds is 5. The van der Waals surface area contributed by atoms with Crippen molar-refractivity contribution in [2.75, 3.05) is 0 Å². The Hall–Kier alpha value is -4.79. The van der Waals surface area contributed by atoms with Crippen LogP contribution in [0, 0.1) is 0 Å². The number of hydrogen-bond donors (Lipinski definition) is 0. The van der Waals surface area contributed by atoms with Crippen LogP contribution in [-0.2, 0) is 0 Å². The van der Waals surface area contributed by atoms with E-state index in [1.165, 1.54) is 15.9 Å². The highest BCUT2D eigenvalue weighted by Gasteiger charge is 2.19. The average molecular weight is 545 g/mol. The van der Waals surface area contributed by atoms with E-state index in [-0.39, 0.29) is 0 Å². The molecule has 3 aromatic carbocycles. The first kappa shape index (κ1) is 26.8. The molecule has 0 saturated carbocycles. The molecule has 7 aromatic rings. The van der Waals surface area contributed by atoms with Gasteiger partial charge < -0.3 is 17.7 Å². The number of benzene rings is 3. The van der Waals surface area contributed by atoms with Crippen LogP contribution in [0.4, 0.5) is 0 Å². The van der Waals surface area contributed by atoms with E-state index < -0.39 is 7.92 Å². The first-order valence-electron chi connectivity index (χ1n) is 12.8. The topological polar surface area (TPSA) is 52.6 Å². The van der Waals surface area contributed by atoms with Crippen molar-refractivity contribution in [1.82, 2.24) is 0 Å². The molecule has 0 amide bonds. The molecule has 5 heteroatoms. The maximum absolute atomic E-state index is 5.54. The maximum atomic E-state index is 5.54. The van der Waals surface area contributed by atoms with Gasteiger partial charge in [-0.15, -0.1) is 13.2 Å². The molecule has 4 nitrogen and oxygen atoms in total. The van der Waals surface area contributed by atoms with Gasteiger partial charge in [-0.2, -0.15) is 0 Å². The van der Waals surface area contributed by atoms with Crippen LogP contribution >= 0.6 is 7.92 Å². The summed E-state index contributed by atoms with van der Waals surface area (Å²) in [5, 5.41) is 7.23. The normalized spacial score (nSPS) is 11.1. The lowest BCUT2D eigenvalue weighted by Gasteiger charge is -2.19. The highest BCUT2D eigenvalue weighted by atomic mass is 31.1. The van der Waals surface area contributed by atoms with E-state index in [1.807, 2.05) is 43.3 Å². The molecular weight excluding hydrogens is 515 g/mol. The predicted octanol–water partition coefficient (Wildman–Crippen LogP) is 9.44. The lowest BCUT2D eigenvalue weighted by Crippen LogP contribution is -2.20. The van der Waals surface area contributed by atoms with Gasteiger partial charge in [0, 0.05) is 21.7 Å². The molecule has 4 heterocycles. The monoisotopic (exact) mass is 544 g/mol. The van der Waals surface area contributed by atoms with Gasteiger partial charge in [-0.05, 0) is 97.5 Å². The van der Waals surface area contributed by atoms with Crippen molar-refractivity contribution in [2.24, 2.45) is 0 Å². The van der Waals surface area contributed by atoms with E-state index in [4.69, 9.17) is 17.7 Å². The van der Waals surface area contributed by atoms with Crippen LogP contribution in [0.15, 0.2) is 147 Å². The molecule has 0 radical (unpaired) electrons. The number of hydrogen-bond acceptors (Lipinski definition) is 4. The molecule has 0 unspecified atom stereocenters. The molecule has 0 aliphatic heterocycles. The Balaban J connectivity index is 0.000000228. The van der Waals surface area contributed by atoms with Gasteiger partial charge in [-0.25, -0.2) is 0 Å². The van der Waals surface area contributed by atoms with E-state index in [0.29, 0.717) is 0 Å². The first-order valence-corrected chi connectivity index (χ1v) is 14.1. The van der Waals surface area contributed by atoms with Gasteiger partial charge in [0.2, 0.25) is 0 Å². The minimum atomic E-state index is -0.734. The Morgan fingerprint density at radius 2 is 1.00 bits per heavy atom. The van der Waals surface area contributed by atoms with Crippen LogP contribution in [-0.4, -0.2) is 0 Å². The Morgan fingerprint density at radius 3 is 1.40 bits per heavy atom. The zero-order chi connectivity index (χ0) is 27.9. The van der Waals surface area contributed by atoms with Crippen LogP contribution < -0.4 is 15.9 Å². The van der Waals surface area contributed by atoms with Gasteiger partial charge in [0.15, 0.2) is 0 Å². The smallest absolute Gasteiger partial charge is 0.133 e. The minimum absolute atomic E-state index is 0.734. The summed E-state index contributed by atoms with van der Waals surface area (Å²) < 4.78 is 21.8. The highest BCUT2D eigenvalue weighted by molar-refractivity contribution is 7.79. The summed E-state index contributed by atoms with van der Waals surface area (Å²) in [7, 11) is -0.734. The lowest BCUT2D eigenvalue weighted by atomic mass is 10.2. The van der Waals surface area contributed by atoms with Crippen molar-refractivity contribution in [3.8, 4) is 0 Å². The van der Waals surface area contributed by atoms with E-state index in [2.05, 4.69) is 74.3 Å². The van der Waals surface area contributed by atoms with E-state index in [9.17, 15) is 0 Å². The van der Waals surface area contributed by atoms with Gasteiger partial charge in [0.05, 0.1) is 25.1 Å². The van der Waals surface area contributed by atoms with Crippen LogP contribution in [0.2, 0.25) is 0 Å². The van der Waals surface area contributed by atoms with Crippen molar-refractivity contribution >= 4 is 68.9 Å². The Labute approximate surface area is 234 Å². The second kappa shape index (κ2) is 12.4. The van der Waals surface area contributed by atoms with E-state index in [0.717, 1.165) is 44.2 Å². The Morgan fingerprint density at radius 1 is 0.575 bits per heavy atom. The fourth-order valence-electron chi connectivity index (χ4n) is 4.51. The predicted molar refractivity (Wildman–Crippen MR) is 169 cm³/mol. The fraction of sp³-hybridized carbons (Fsp3) is 0.0286. The summed E-state index contributed by atoms with van der Waals surface area (Å²) in [4.78, 5) is 0. The van der Waals surface area contributed by atoms with Crippen molar-refractivity contribution in [2.45, 2.75) is 6.92 Å². The molecule has 0 spiro atoms. The van der Waals surface area contributed by atoms with Crippen LogP contribution in [0.5, 0.6) is 0 Å². The summed E-state index contributed by atoms with van der Waals surface area (Å²) in [6, 6.07) is 27.4. The van der Waals surface area contributed by atoms with Gasteiger partial charge in [-0.1, -0.05) is 36.9 Å². The van der Waals surface area contributed by atoms with Gasteiger partial charge in [0.25, 0.3) is 0 Å². The van der Waals surface area contributed by atoms with Crippen molar-refractivity contribution in [1.29, 1.82) is 0 Å². The second-order valence-electron chi connectivity index (χ2n) is 8.71. The molecule has 40 heavy (non-hydrogen) atoms. The molecule has 0 bridgehead atoms. The summed E-state index contributed by atoms with van der Waals surface area (Å²) in [6.45, 7) is 11.6. The molecule has 0 aliphatic rings. The molecular formula is C35H29O4P. The first-order chi connectivity index (χ1) is 19.7. The molecule has 0 fully saturated rings. The van der Waals surface area contributed by atoms with Crippen molar-refractivity contribution < 1.29 is 17.7 Å². The quantitative estimate of drug-likeness (QED) is 0.160. The summed E-state index contributed by atoms with van der Waals surface area (Å²) in [5.74, 6) is 0.873. The molecule has 0 N–H and O–H groups in total. The number of allylic oxidation sites excluding steroid dienone is 1. The summed E-state index contributed by atoms with van der Waals surface area (Å²) in [5.41, 5.74) is 3.77. The Kier molecular flexibility index (Phi) is 8.29. The molecule has 0 atom stereocenters. The molecule has 0 saturated heterocycles. The van der Waals surface area contributed by atoms with E-state index >= 15 is 0 Å². The largest absolute Gasteiger partial charge is 0.464 e. The average Bonchev–Trinajstić information content (AvgIpc) is 3.81. The number of furan rings is 4. The minimum Gasteiger partial charge on any atom is -0.464 e. The molecule has 4 aromatic heterocycles. The van der Waals surface area contributed by atoms with Gasteiger partial charge in [0.1, 0.15) is 22.5 Å². The Bertz CT molecular complexity index is 1720. The van der Waals surface area contributed by atoms with Crippen LogP contribution in [0.25, 0.3) is 45.1 Å². The van der Waals surface area contributed by atoms with Crippen molar-refractivity contribution in [3.05, 3.63) is 141 Å². The lowest BCUT2D eigenvalue weighted by molar-refractivity contribution is 0.556. The van der Waals surface area contributed by atoms with Crippen molar-refractivity contribution in [3.63, 3.8) is 0 Å². The zero-order valence-corrected chi connectivity index (χ0v) is 23.1. The third-order valence-corrected chi connectivity index (χ3v) is 8.73. The third-order valence-electron chi connectivity index (χ3n) is 6.35. The van der Waals surface area contributed by atoms with Crippen LogP contribution in [0.1, 0.15) is 18.2 Å².